The third-order valence-corrected chi connectivity index (χ3v) is 4.34. The third kappa shape index (κ3) is 4.60. The van der Waals surface area contributed by atoms with Gasteiger partial charge in [0.05, 0.1) is 27.0 Å². The van der Waals surface area contributed by atoms with E-state index in [-0.39, 0.29) is 22.6 Å². The lowest BCUT2D eigenvalue weighted by Gasteiger charge is -2.15. The van der Waals surface area contributed by atoms with Crippen molar-refractivity contribution >= 4 is 17.7 Å². The van der Waals surface area contributed by atoms with Crippen LogP contribution in [0.4, 0.5) is 14.5 Å². The number of rotatable bonds is 8. The first kappa shape index (κ1) is 20.9. The Balaban J connectivity index is 1.96. The van der Waals surface area contributed by atoms with Crippen LogP contribution in [0.25, 0.3) is 17.2 Å². The summed E-state index contributed by atoms with van der Waals surface area (Å²) < 4.78 is 44.2. The highest BCUT2D eigenvalue weighted by molar-refractivity contribution is 5.90. The third-order valence-electron chi connectivity index (χ3n) is 4.34. The van der Waals surface area contributed by atoms with Gasteiger partial charge in [0.15, 0.2) is 0 Å². The minimum atomic E-state index is -1.70. The molecule has 0 spiro atoms. The van der Waals surface area contributed by atoms with Crippen LogP contribution in [-0.2, 0) is 11.3 Å². The summed E-state index contributed by atoms with van der Waals surface area (Å²) in [5, 5.41) is 11.8. The highest BCUT2D eigenvalue weighted by Crippen LogP contribution is 2.39. The highest BCUT2D eigenvalue weighted by atomic mass is 19.1. The standard InChI is InChI=1S/C22H19F2NO5/c1-28-20-11-17(21(29-2)9-13(20)8-19(24)22(26)27)16-6-5-14(10-18(16)23)25-12-15-4-3-7-30-15/h3-11,25H,12H2,1-2H3,(H,26,27)/b19-8+. The average molecular weight is 415 g/mol. The molecule has 0 saturated carbocycles. The summed E-state index contributed by atoms with van der Waals surface area (Å²) in [5.41, 5.74) is 1.32. The molecular weight excluding hydrogens is 396 g/mol. The summed E-state index contributed by atoms with van der Waals surface area (Å²) in [6.45, 7) is 0.402. The summed E-state index contributed by atoms with van der Waals surface area (Å²) >= 11 is 0. The predicted octanol–water partition coefficient (Wildman–Crippen LogP) is 5.11. The van der Waals surface area contributed by atoms with E-state index in [2.05, 4.69) is 5.32 Å². The number of halogens is 2. The van der Waals surface area contributed by atoms with Crippen LogP contribution < -0.4 is 14.8 Å². The first-order valence-corrected chi connectivity index (χ1v) is 8.85. The number of anilines is 1. The molecule has 0 radical (unpaired) electrons. The highest BCUT2D eigenvalue weighted by Gasteiger charge is 2.17. The number of carboxylic acids is 1. The second-order valence-electron chi connectivity index (χ2n) is 6.22. The molecule has 2 N–H and O–H groups in total. The normalized spacial score (nSPS) is 11.3. The van der Waals surface area contributed by atoms with Crippen LogP contribution in [0.5, 0.6) is 11.5 Å². The molecule has 0 amide bonds. The Hall–Kier alpha value is -3.81. The molecule has 0 aliphatic heterocycles. The van der Waals surface area contributed by atoms with Gasteiger partial charge in [-0.05, 0) is 48.5 Å². The monoisotopic (exact) mass is 415 g/mol. The molecule has 3 aromatic rings. The lowest BCUT2D eigenvalue weighted by Crippen LogP contribution is -2.00. The first-order chi connectivity index (χ1) is 14.4. The molecule has 3 rings (SSSR count). The SMILES string of the molecule is COc1cc(-c2ccc(NCc3ccco3)cc2F)c(OC)cc1/C=C(/F)C(=O)O. The number of nitrogens with one attached hydrogen (secondary N) is 1. The maximum Gasteiger partial charge on any atom is 0.364 e. The summed E-state index contributed by atoms with van der Waals surface area (Å²) in [6.07, 6.45) is 2.37. The van der Waals surface area contributed by atoms with Gasteiger partial charge in [0, 0.05) is 22.4 Å². The fraction of sp³-hybridized carbons (Fsp3) is 0.136. The number of hydrogen-bond donors (Lipinski definition) is 2. The molecule has 0 bridgehead atoms. The molecule has 0 aliphatic rings. The predicted molar refractivity (Wildman–Crippen MR) is 108 cm³/mol. The van der Waals surface area contributed by atoms with Crippen molar-refractivity contribution in [1.29, 1.82) is 0 Å². The van der Waals surface area contributed by atoms with E-state index in [0.717, 1.165) is 6.08 Å². The van der Waals surface area contributed by atoms with Gasteiger partial charge in [0.2, 0.25) is 5.83 Å². The topological polar surface area (TPSA) is 80.9 Å². The maximum absolute atomic E-state index is 14.9. The minimum Gasteiger partial charge on any atom is -0.496 e. The number of methoxy groups -OCH3 is 2. The molecule has 30 heavy (non-hydrogen) atoms. The van der Waals surface area contributed by atoms with Gasteiger partial charge in [-0.1, -0.05) is 0 Å². The molecule has 0 aliphatic carbocycles. The van der Waals surface area contributed by atoms with E-state index in [4.69, 9.17) is 19.0 Å². The Kier molecular flexibility index (Phi) is 6.36. The van der Waals surface area contributed by atoms with E-state index in [9.17, 15) is 13.6 Å². The molecule has 0 fully saturated rings. The Morgan fingerprint density at radius 1 is 1.13 bits per heavy atom. The van der Waals surface area contributed by atoms with Crippen molar-refractivity contribution in [2.45, 2.75) is 6.54 Å². The quantitative estimate of drug-likeness (QED) is 0.498. The van der Waals surface area contributed by atoms with Crippen LogP contribution >= 0.6 is 0 Å². The number of carbonyl (C=O) groups is 1. The van der Waals surface area contributed by atoms with Crippen molar-refractivity contribution in [3.05, 3.63) is 71.7 Å². The largest absolute Gasteiger partial charge is 0.496 e. The van der Waals surface area contributed by atoms with E-state index < -0.39 is 17.6 Å². The number of benzene rings is 2. The van der Waals surface area contributed by atoms with E-state index >= 15 is 0 Å². The average Bonchev–Trinajstić information content (AvgIpc) is 3.25. The molecule has 6 nitrogen and oxygen atoms in total. The molecule has 0 atom stereocenters. The van der Waals surface area contributed by atoms with Crippen LogP contribution in [0.15, 0.2) is 59.0 Å². The smallest absolute Gasteiger partial charge is 0.364 e. The number of aliphatic carboxylic acids is 1. The summed E-state index contributed by atoms with van der Waals surface area (Å²) in [6, 6.07) is 11.0. The molecule has 0 unspecified atom stereocenters. The second-order valence-corrected chi connectivity index (χ2v) is 6.22. The Morgan fingerprint density at radius 2 is 1.90 bits per heavy atom. The van der Waals surface area contributed by atoms with Gasteiger partial charge < -0.3 is 24.3 Å². The zero-order valence-corrected chi connectivity index (χ0v) is 16.2. The van der Waals surface area contributed by atoms with Crippen molar-refractivity contribution in [2.75, 3.05) is 19.5 Å². The summed E-state index contributed by atoms with van der Waals surface area (Å²) in [4.78, 5) is 10.8. The Labute approximate surface area is 171 Å². The van der Waals surface area contributed by atoms with Crippen LogP contribution in [0.3, 0.4) is 0 Å². The van der Waals surface area contributed by atoms with Gasteiger partial charge in [-0.2, -0.15) is 4.39 Å². The van der Waals surface area contributed by atoms with Gasteiger partial charge in [-0.15, -0.1) is 0 Å². The molecule has 2 aromatic carbocycles. The van der Waals surface area contributed by atoms with E-state index in [0.29, 0.717) is 23.6 Å². The van der Waals surface area contributed by atoms with E-state index in [1.54, 1.807) is 30.5 Å². The van der Waals surface area contributed by atoms with Crippen LogP contribution in [-0.4, -0.2) is 25.3 Å². The van der Waals surface area contributed by atoms with Crippen LogP contribution in [0, 0.1) is 5.82 Å². The van der Waals surface area contributed by atoms with Crippen molar-refractivity contribution < 1.29 is 32.6 Å². The van der Waals surface area contributed by atoms with Crippen molar-refractivity contribution in [2.24, 2.45) is 0 Å². The molecule has 1 aromatic heterocycles. The Morgan fingerprint density at radius 3 is 2.50 bits per heavy atom. The van der Waals surface area contributed by atoms with Crippen molar-refractivity contribution in [1.82, 2.24) is 0 Å². The van der Waals surface area contributed by atoms with Crippen LogP contribution in [0.1, 0.15) is 11.3 Å². The minimum absolute atomic E-state index is 0.148. The maximum atomic E-state index is 14.9. The lowest BCUT2D eigenvalue weighted by atomic mass is 10.00. The van der Waals surface area contributed by atoms with Crippen LogP contribution in [0.2, 0.25) is 0 Å². The Bertz CT molecular complexity index is 1080. The molecule has 156 valence electrons. The van der Waals surface area contributed by atoms with E-state index in [1.165, 1.54) is 32.4 Å². The lowest BCUT2D eigenvalue weighted by molar-refractivity contribution is -0.134. The van der Waals surface area contributed by atoms with Crippen molar-refractivity contribution in [3.8, 4) is 22.6 Å². The zero-order chi connectivity index (χ0) is 21.7. The molecule has 0 saturated heterocycles. The number of hydrogen-bond acceptors (Lipinski definition) is 5. The number of carboxylic acid groups (broad SMARTS) is 1. The van der Waals surface area contributed by atoms with E-state index in [1.807, 2.05) is 0 Å². The zero-order valence-electron chi connectivity index (χ0n) is 16.2. The summed E-state index contributed by atoms with van der Waals surface area (Å²) in [7, 11) is 2.73. The van der Waals surface area contributed by atoms with Crippen molar-refractivity contribution in [3.63, 3.8) is 0 Å². The fourth-order valence-electron chi connectivity index (χ4n) is 2.89. The van der Waals surface area contributed by atoms with Gasteiger partial charge in [0.25, 0.3) is 0 Å². The summed E-state index contributed by atoms with van der Waals surface area (Å²) in [5.74, 6) is -2.47. The van der Waals surface area contributed by atoms with Gasteiger partial charge in [-0.25, -0.2) is 9.18 Å². The molecule has 8 heteroatoms. The van der Waals surface area contributed by atoms with Gasteiger partial charge in [0.1, 0.15) is 23.1 Å². The number of ether oxygens (including phenoxy) is 2. The molecular formula is C22H19F2NO5. The van der Waals surface area contributed by atoms with Gasteiger partial charge >= 0.3 is 5.97 Å². The molecule has 1 heterocycles. The number of furan rings is 1. The first-order valence-electron chi connectivity index (χ1n) is 8.85. The fourth-order valence-corrected chi connectivity index (χ4v) is 2.89. The van der Waals surface area contributed by atoms with Gasteiger partial charge in [-0.3, -0.25) is 0 Å². The second kappa shape index (κ2) is 9.13.